The van der Waals surface area contributed by atoms with Gasteiger partial charge in [-0.25, -0.2) is 0 Å². The molecule has 1 saturated heterocycles. The van der Waals surface area contributed by atoms with Crippen LogP contribution in [0, 0.1) is 5.41 Å². The smallest absolute Gasteiger partial charge is 0.315 e. The molecule has 0 spiro atoms. The van der Waals surface area contributed by atoms with E-state index in [9.17, 15) is 4.79 Å². The second-order valence-corrected chi connectivity index (χ2v) is 4.09. The van der Waals surface area contributed by atoms with Crippen LogP contribution in [0.15, 0.2) is 0 Å². The second kappa shape index (κ2) is 3.64. The highest BCUT2D eigenvalue weighted by Gasteiger charge is 2.47. The molecule has 0 aliphatic carbocycles. The molecule has 0 amide bonds. The van der Waals surface area contributed by atoms with Crippen molar-refractivity contribution in [3.63, 3.8) is 0 Å². The van der Waals surface area contributed by atoms with Crippen molar-refractivity contribution in [3.8, 4) is 0 Å². The molecule has 76 valence electrons. The number of carboxylic acids is 1. The fourth-order valence-electron chi connectivity index (χ4n) is 1.29. The Kier molecular flexibility index (Phi) is 2.93. The van der Waals surface area contributed by atoms with Crippen molar-refractivity contribution in [1.29, 1.82) is 0 Å². The van der Waals surface area contributed by atoms with E-state index in [-0.39, 0.29) is 0 Å². The number of carbonyl (C=O) groups is 1. The predicted octanol–water partition coefficient (Wildman–Crippen LogP) is 0.428. The van der Waals surface area contributed by atoms with Crippen LogP contribution in [0.25, 0.3) is 0 Å². The quantitative estimate of drug-likeness (QED) is 0.693. The maximum absolute atomic E-state index is 11.0. The van der Waals surface area contributed by atoms with Crippen molar-refractivity contribution < 1.29 is 14.6 Å². The zero-order chi connectivity index (χ0) is 10.1. The minimum Gasteiger partial charge on any atom is -0.481 e. The third kappa shape index (κ3) is 2.00. The summed E-state index contributed by atoms with van der Waals surface area (Å²) in [6.07, 6.45) is 0. The monoisotopic (exact) mass is 187 g/mol. The first-order valence-corrected chi connectivity index (χ1v) is 4.49. The molecular formula is C9H17NO3. The minimum atomic E-state index is -0.744. The van der Waals surface area contributed by atoms with E-state index in [1.807, 2.05) is 11.9 Å². The molecule has 1 fully saturated rings. The van der Waals surface area contributed by atoms with E-state index in [0.717, 1.165) is 0 Å². The van der Waals surface area contributed by atoms with E-state index in [2.05, 4.69) is 13.8 Å². The molecule has 4 heteroatoms. The lowest BCUT2D eigenvalue weighted by Crippen LogP contribution is -2.56. The Hall–Kier alpha value is -0.610. The van der Waals surface area contributed by atoms with E-state index < -0.39 is 11.4 Å². The third-order valence-electron chi connectivity index (χ3n) is 2.64. The number of hydrogen-bond donors (Lipinski definition) is 1. The van der Waals surface area contributed by atoms with Gasteiger partial charge in [-0.15, -0.1) is 0 Å². The Balaban J connectivity index is 2.54. The predicted molar refractivity (Wildman–Crippen MR) is 48.7 cm³/mol. The number of rotatable bonds is 4. The molecule has 0 unspecified atom stereocenters. The number of carboxylic acid groups (broad SMARTS) is 1. The summed E-state index contributed by atoms with van der Waals surface area (Å²) < 4.78 is 4.97. The molecule has 4 nitrogen and oxygen atoms in total. The molecule has 0 aromatic carbocycles. The zero-order valence-electron chi connectivity index (χ0n) is 8.41. The molecule has 0 saturated carbocycles. The standard InChI is InChI=1S/C9H17NO3/c1-7(2)10(3)4-9(8(11)12)5-13-6-9/h7H,4-6H2,1-3H3,(H,11,12). The van der Waals surface area contributed by atoms with Crippen LogP contribution in [0.1, 0.15) is 13.8 Å². The topological polar surface area (TPSA) is 49.8 Å². The number of nitrogens with zero attached hydrogens (tertiary/aromatic N) is 1. The maximum Gasteiger partial charge on any atom is 0.315 e. The molecule has 0 atom stereocenters. The SMILES string of the molecule is CC(C)N(C)CC1(C(=O)O)COC1. The zero-order valence-corrected chi connectivity index (χ0v) is 8.41. The van der Waals surface area contributed by atoms with Gasteiger partial charge in [0.15, 0.2) is 0 Å². The molecule has 1 rings (SSSR count). The number of aliphatic carboxylic acids is 1. The molecule has 0 radical (unpaired) electrons. The summed E-state index contributed by atoms with van der Waals surface area (Å²) in [4.78, 5) is 13.0. The second-order valence-electron chi connectivity index (χ2n) is 4.09. The first kappa shape index (κ1) is 10.5. The normalized spacial score (nSPS) is 20.4. The van der Waals surface area contributed by atoms with Gasteiger partial charge < -0.3 is 14.7 Å². The summed E-state index contributed by atoms with van der Waals surface area (Å²) >= 11 is 0. The van der Waals surface area contributed by atoms with Crippen LogP contribution >= 0.6 is 0 Å². The fraction of sp³-hybridized carbons (Fsp3) is 0.889. The summed E-state index contributed by atoms with van der Waals surface area (Å²) in [7, 11) is 1.94. The van der Waals surface area contributed by atoms with E-state index in [1.165, 1.54) is 0 Å². The van der Waals surface area contributed by atoms with Crippen molar-refractivity contribution >= 4 is 5.97 Å². The van der Waals surface area contributed by atoms with E-state index in [1.54, 1.807) is 0 Å². The summed E-state index contributed by atoms with van der Waals surface area (Å²) in [6, 6.07) is 0.372. The minimum absolute atomic E-state index is 0.347. The van der Waals surface area contributed by atoms with Crippen LogP contribution < -0.4 is 0 Å². The van der Waals surface area contributed by atoms with Gasteiger partial charge in [0.2, 0.25) is 0 Å². The fourth-order valence-corrected chi connectivity index (χ4v) is 1.29. The van der Waals surface area contributed by atoms with Crippen LogP contribution in [-0.2, 0) is 9.53 Å². The first-order valence-electron chi connectivity index (χ1n) is 4.49. The Bertz CT molecular complexity index is 199. The number of ether oxygens (including phenoxy) is 1. The number of hydrogen-bond acceptors (Lipinski definition) is 3. The summed E-state index contributed by atoms with van der Waals surface area (Å²) in [5.74, 6) is -0.744. The average molecular weight is 187 g/mol. The molecule has 0 aromatic rings. The molecule has 1 aliphatic heterocycles. The van der Waals surface area contributed by atoms with E-state index in [0.29, 0.717) is 25.8 Å². The van der Waals surface area contributed by atoms with Gasteiger partial charge in [0.1, 0.15) is 5.41 Å². The first-order chi connectivity index (χ1) is 5.98. The van der Waals surface area contributed by atoms with Crippen LogP contribution in [0.3, 0.4) is 0 Å². The van der Waals surface area contributed by atoms with Gasteiger partial charge in [0.25, 0.3) is 0 Å². The lowest BCUT2D eigenvalue weighted by atomic mass is 9.85. The molecule has 1 aliphatic rings. The van der Waals surface area contributed by atoms with Gasteiger partial charge in [-0.05, 0) is 20.9 Å². The van der Waals surface area contributed by atoms with Crippen LogP contribution in [-0.4, -0.2) is 48.8 Å². The summed E-state index contributed by atoms with van der Waals surface area (Å²) in [5, 5.41) is 9.01. The molecule has 1 N–H and O–H groups in total. The van der Waals surface area contributed by atoms with Crippen molar-refractivity contribution in [3.05, 3.63) is 0 Å². The van der Waals surface area contributed by atoms with Crippen molar-refractivity contribution in [1.82, 2.24) is 4.90 Å². The van der Waals surface area contributed by atoms with E-state index >= 15 is 0 Å². The molecular weight excluding hydrogens is 170 g/mol. The van der Waals surface area contributed by atoms with Crippen molar-refractivity contribution in [2.24, 2.45) is 5.41 Å². The van der Waals surface area contributed by atoms with Crippen LogP contribution in [0.5, 0.6) is 0 Å². The van der Waals surface area contributed by atoms with Crippen molar-refractivity contribution in [2.45, 2.75) is 19.9 Å². The Labute approximate surface area is 78.5 Å². The molecule has 0 aromatic heterocycles. The molecule has 1 heterocycles. The molecule has 0 bridgehead atoms. The maximum atomic E-state index is 11.0. The van der Waals surface area contributed by atoms with Crippen LogP contribution in [0.2, 0.25) is 0 Å². The highest BCUT2D eigenvalue weighted by atomic mass is 16.5. The van der Waals surface area contributed by atoms with Gasteiger partial charge in [-0.1, -0.05) is 0 Å². The lowest BCUT2D eigenvalue weighted by molar-refractivity contribution is -0.183. The Morgan fingerprint density at radius 1 is 1.62 bits per heavy atom. The Morgan fingerprint density at radius 2 is 2.15 bits per heavy atom. The van der Waals surface area contributed by atoms with E-state index in [4.69, 9.17) is 9.84 Å². The lowest BCUT2D eigenvalue weighted by Gasteiger charge is -2.41. The van der Waals surface area contributed by atoms with Crippen LogP contribution in [0.4, 0.5) is 0 Å². The van der Waals surface area contributed by atoms with Gasteiger partial charge in [-0.2, -0.15) is 0 Å². The van der Waals surface area contributed by atoms with Gasteiger partial charge in [-0.3, -0.25) is 4.79 Å². The summed E-state index contributed by atoms with van der Waals surface area (Å²) in [5.41, 5.74) is -0.654. The Morgan fingerprint density at radius 3 is 2.38 bits per heavy atom. The summed E-state index contributed by atoms with van der Waals surface area (Å²) in [6.45, 7) is 5.36. The van der Waals surface area contributed by atoms with Crippen molar-refractivity contribution in [2.75, 3.05) is 26.8 Å². The average Bonchev–Trinajstić information content (AvgIpc) is 1.95. The highest BCUT2D eigenvalue weighted by Crippen LogP contribution is 2.29. The third-order valence-corrected chi connectivity index (χ3v) is 2.64. The van der Waals surface area contributed by atoms with Gasteiger partial charge in [0.05, 0.1) is 13.2 Å². The molecule has 13 heavy (non-hydrogen) atoms. The largest absolute Gasteiger partial charge is 0.481 e. The highest BCUT2D eigenvalue weighted by molar-refractivity contribution is 5.76. The van der Waals surface area contributed by atoms with Gasteiger partial charge >= 0.3 is 5.97 Å². The van der Waals surface area contributed by atoms with Gasteiger partial charge in [0, 0.05) is 12.6 Å².